The quantitative estimate of drug-likeness (QED) is 0.667. The van der Waals surface area contributed by atoms with E-state index in [1.807, 2.05) is 11.8 Å². The highest BCUT2D eigenvalue weighted by Gasteiger charge is 2.28. The lowest BCUT2D eigenvalue weighted by Gasteiger charge is -2.22. The molecule has 0 aromatic heterocycles. The summed E-state index contributed by atoms with van der Waals surface area (Å²) in [6.07, 6.45) is 2.44. The molecule has 4 nitrogen and oxygen atoms in total. The van der Waals surface area contributed by atoms with Crippen molar-refractivity contribution in [2.45, 2.75) is 31.1 Å². The molecule has 2 rings (SSSR count). The van der Waals surface area contributed by atoms with E-state index >= 15 is 0 Å². The second kappa shape index (κ2) is 5.88. The zero-order valence-electron chi connectivity index (χ0n) is 10.8. The third-order valence-electron chi connectivity index (χ3n) is 3.34. The smallest absolute Gasteiger partial charge is 0.304 e. The van der Waals surface area contributed by atoms with Gasteiger partial charge in [-0.3, -0.25) is 10.1 Å². The second-order valence-electron chi connectivity index (χ2n) is 5.05. The van der Waals surface area contributed by atoms with Gasteiger partial charge in [-0.1, -0.05) is 6.07 Å². The number of rotatable bonds is 5. The Morgan fingerprint density at radius 3 is 2.95 bits per heavy atom. The van der Waals surface area contributed by atoms with Crippen LogP contribution in [0.15, 0.2) is 18.2 Å². The van der Waals surface area contributed by atoms with Gasteiger partial charge in [0.2, 0.25) is 5.82 Å². The summed E-state index contributed by atoms with van der Waals surface area (Å²) in [7, 11) is 0. The van der Waals surface area contributed by atoms with Crippen LogP contribution < -0.4 is 5.32 Å². The summed E-state index contributed by atoms with van der Waals surface area (Å²) in [5.41, 5.74) is 0.261. The van der Waals surface area contributed by atoms with Gasteiger partial charge in [-0.05, 0) is 37.1 Å². The molecule has 1 atom stereocenters. The lowest BCUT2D eigenvalue weighted by atomic mass is 10.1. The zero-order valence-corrected chi connectivity index (χ0v) is 11.6. The van der Waals surface area contributed by atoms with Crippen molar-refractivity contribution in [3.8, 4) is 0 Å². The normalized spacial score (nSPS) is 22.6. The Kier molecular flexibility index (Phi) is 4.42. The van der Waals surface area contributed by atoms with Crippen LogP contribution in [0.25, 0.3) is 0 Å². The topological polar surface area (TPSA) is 55.2 Å². The number of halogens is 1. The molecule has 19 heavy (non-hydrogen) atoms. The fourth-order valence-corrected chi connectivity index (χ4v) is 3.53. The Hall–Kier alpha value is -1.14. The number of benzene rings is 1. The van der Waals surface area contributed by atoms with Gasteiger partial charge in [-0.2, -0.15) is 16.2 Å². The third kappa shape index (κ3) is 3.67. The Bertz CT molecular complexity index is 476. The third-order valence-corrected chi connectivity index (χ3v) is 4.88. The Labute approximate surface area is 115 Å². The lowest BCUT2D eigenvalue weighted by Crippen LogP contribution is -2.32. The van der Waals surface area contributed by atoms with E-state index in [4.69, 9.17) is 0 Å². The molecule has 1 aromatic rings. The molecule has 0 saturated carbocycles. The van der Waals surface area contributed by atoms with Gasteiger partial charge in [0.1, 0.15) is 0 Å². The minimum Gasteiger partial charge on any atom is -0.311 e. The van der Waals surface area contributed by atoms with E-state index in [0.29, 0.717) is 6.54 Å². The Morgan fingerprint density at radius 2 is 2.37 bits per heavy atom. The molecule has 6 heteroatoms. The van der Waals surface area contributed by atoms with Gasteiger partial charge < -0.3 is 5.32 Å². The van der Waals surface area contributed by atoms with Gasteiger partial charge in [0.25, 0.3) is 0 Å². The highest BCUT2D eigenvalue weighted by atomic mass is 32.2. The van der Waals surface area contributed by atoms with Gasteiger partial charge in [-0.25, -0.2) is 0 Å². The van der Waals surface area contributed by atoms with Crippen LogP contribution in [-0.2, 0) is 6.54 Å². The first-order chi connectivity index (χ1) is 9.00. The molecule has 1 saturated heterocycles. The molecule has 0 amide bonds. The lowest BCUT2D eigenvalue weighted by molar-refractivity contribution is -0.387. The van der Waals surface area contributed by atoms with Crippen LogP contribution in [0.4, 0.5) is 10.1 Å². The second-order valence-corrected chi connectivity index (χ2v) is 6.73. The molecular weight excluding hydrogens is 267 g/mol. The molecule has 0 spiro atoms. The van der Waals surface area contributed by atoms with Crippen LogP contribution in [0.3, 0.4) is 0 Å². The molecular formula is C13H17FN2O2S. The standard InChI is InChI=1S/C13H17FN2O2S/c1-13(5-2-6-19-13)9-15-8-10-3-4-12(16(17)18)11(14)7-10/h3-4,7,15H,2,5-6,8-9H2,1H3. The zero-order chi connectivity index (χ0) is 13.9. The maximum Gasteiger partial charge on any atom is 0.304 e. The minimum atomic E-state index is -0.772. The molecule has 1 heterocycles. The first-order valence-electron chi connectivity index (χ1n) is 6.28. The molecule has 1 aliphatic rings. The highest BCUT2D eigenvalue weighted by molar-refractivity contribution is 8.00. The fraction of sp³-hybridized carbons (Fsp3) is 0.538. The number of nitrogens with zero attached hydrogens (tertiary/aromatic N) is 1. The van der Waals surface area contributed by atoms with E-state index in [1.54, 1.807) is 6.07 Å². The summed E-state index contributed by atoms with van der Waals surface area (Å²) in [4.78, 5) is 9.80. The number of nitro benzene ring substituents is 1. The van der Waals surface area contributed by atoms with Crippen molar-refractivity contribution >= 4 is 17.4 Å². The van der Waals surface area contributed by atoms with Gasteiger partial charge in [0.15, 0.2) is 0 Å². The molecule has 0 aliphatic carbocycles. The van der Waals surface area contributed by atoms with Gasteiger partial charge >= 0.3 is 5.69 Å². The van der Waals surface area contributed by atoms with E-state index in [2.05, 4.69) is 12.2 Å². The first kappa shape index (κ1) is 14.3. The predicted octanol–water partition coefficient (Wildman–Crippen LogP) is 3.11. The maximum absolute atomic E-state index is 13.4. The number of nitro groups is 1. The highest BCUT2D eigenvalue weighted by Crippen LogP contribution is 2.37. The summed E-state index contributed by atoms with van der Waals surface area (Å²) in [6.45, 7) is 3.63. The Balaban J connectivity index is 1.89. The average Bonchev–Trinajstić information content (AvgIpc) is 2.76. The Morgan fingerprint density at radius 1 is 1.58 bits per heavy atom. The molecule has 1 aliphatic heterocycles. The molecule has 0 bridgehead atoms. The minimum absolute atomic E-state index is 0.263. The van der Waals surface area contributed by atoms with Gasteiger partial charge in [-0.15, -0.1) is 0 Å². The van der Waals surface area contributed by atoms with Crippen LogP contribution in [-0.4, -0.2) is 22.0 Å². The van der Waals surface area contributed by atoms with E-state index in [-0.39, 0.29) is 4.75 Å². The van der Waals surface area contributed by atoms with Crippen LogP contribution in [0.1, 0.15) is 25.3 Å². The summed E-state index contributed by atoms with van der Waals surface area (Å²) in [5.74, 6) is 0.426. The predicted molar refractivity (Wildman–Crippen MR) is 74.9 cm³/mol. The van der Waals surface area contributed by atoms with E-state index < -0.39 is 16.4 Å². The number of hydrogen-bond donors (Lipinski definition) is 1. The monoisotopic (exact) mass is 284 g/mol. The largest absolute Gasteiger partial charge is 0.311 e. The fourth-order valence-electron chi connectivity index (χ4n) is 2.26. The first-order valence-corrected chi connectivity index (χ1v) is 7.26. The van der Waals surface area contributed by atoms with Gasteiger partial charge in [0.05, 0.1) is 4.92 Å². The van der Waals surface area contributed by atoms with E-state index in [1.165, 1.54) is 30.7 Å². The van der Waals surface area contributed by atoms with Crippen molar-refractivity contribution in [1.82, 2.24) is 5.32 Å². The van der Waals surface area contributed by atoms with E-state index in [9.17, 15) is 14.5 Å². The molecule has 1 N–H and O–H groups in total. The van der Waals surface area contributed by atoms with Gasteiger partial charge in [0, 0.05) is 23.9 Å². The van der Waals surface area contributed by atoms with E-state index in [0.717, 1.165) is 12.1 Å². The van der Waals surface area contributed by atoms with Crippen molar-refractivity contribution in [1.29, 1.82) is 0 Å². The summed E-state index contributed by atoms with van der Waals surface area (Å²) >= 11 is 1.96. The van der Waals surface area contributed by atoms with Crippen molar-refractivity contribution < 1.29 is 9.31 Å². The van der Waals surface area contributed by atoms with Crippen molar-refractivity contribution in [2.75, 3.05) is 12.3 Å². The average molecular weight is 284 g/mol. The van der Waals surface area contributed by atoms with Crippen LogP contribution in [0, 0.1) is 15.9 Å². The molecule has 0 radical (unpaired) electrons. The molecule has 104 valence electrons. The number of thioether (sulfide) groups is 1. The maximum atomic E-state index is 13.4. The van der Waals surface area contributed by atoms with Crippen LogP contribution in [0.2, 0.25) is 0 Å². The summed E-state index contributed by atoms with van der Waals surface area (Å²) < 4.78 is 13.7. The van der Waals surface area contributed by atoms with Crippen LogP contribution in [0.5, 0.6) is 0 Å². The summed E-state index contributed by atoms with van der Waals surface area (Å²) in [5, 5.41) is 13.8. The molecule has 1 unspecified atom stereocenters. The molecule has 1 aromatic carbocycles. The SMILES string of the molecule is CC1(CNCc2ccc([N+](=O)[O-])c(F)c2)CCCS1. The van der Waals surface area contributed by atoms with Crippen LogP contribution >= 0.6 is 11.8 Å². The molecule has 1 fully saturated rings. The number of nitrogens with one attached hydrogen (secondary N) is 1. The van der Waals surface area contributed by atoms with Crippen molar-refractivity contribution in [3.63, 3.8) is 0 Å². The van der Waals surface area contributed by atoms with Crippen molar-refractivity contribution in [3.05, 3.63) is 39.7 Å². The number of hydrogen-bond acceptors (Lipinski definition) is 4. The van der Waals surface area contributed by atoms with Crippen molar-refractivity contribution in [2.24, 2.45) is 0 Å². The summed E-state index contributed by atoms with van der Waals surface area (Å²) in [6, 6.07) is 4.05.